The van der Waals surface area contributed by atoms with Gasteiger partial charge in [-0.1, -0.05) is 51.9 Å². The number of ether oxygens (including phenoxy) is 1. The molecule has 2 rings (SSSR count). The SMILES string of the molecule is CCCCCCCCCCOc1nc2c(c(=O)n(C)c(=O)n2C)n1C. The fourth-order valence-corrected chi connectivity index (χ4v) is 3.03. The van der Waals surface area contributed by atoms with Gasteiger partial charge in [0.05, 0.1) is 6.61 Å². The summed E-state index contributed by atoms with van der Waals surface area (Å²) in [5, 5.41) is 0. The van der Waals surface area contributed by atoms with E-state index in [-0.39, 0.29) is 11.2 Å². The monoisotopic (exact) mass is 350 g/mol. The third kappa shape index (κ3) is 4.32. The van der Waals surface area contributed by atoms with Gasteiger partial charge in [-0.05, 0) is 6.42 Å². The summed E-state index contributed by atoms with van der Waals surface area (Å²) in [5.41, 5.74) is 0.0114. The van der Waals surface area contributed by atoms with Crippen LogP contribution in [0.3, 0.4) is 0 Å². The van der Waals surface area contributed by atoms with Gasteiger partial charge in [0.1, 0.15) is 0 Å². The van der Waals surface area contributed by atoms with Crippen LogP contribution in [0, 0.1) is 0 Å². The van der Waals surface area contributed by atoms with Gasteiger partial charge in [0.15, 0.2) is 11.2 Å². The van der Waals surface area contributed by atoms with Crippen LogP contribution in [0.15, 0.2) is 9.59 Å². The maximum atomic E-state index is 12.3. The van der Waals surface area contributed by atoms with Gasteiger partial charge in [0.2, 0.25) is 0 Å². The third-order valence-corrected chi connectivity index (χ3v) is 4.66. The summed E-state index contributed by atoms with van der Waals surface area (Å²) in [6.45, 7) is 2.80. The van der Waals surface area contributed by atoms with Crippen molar-refractivity contribution in [3.05, 3.63) is 20.8 Å². The molecule has 2 aromatic heterocycles. The van der Waals surface area contributed by atoms with Gasteiger partial charge in [-0.3, -0.25) is 18.5 Å². The maximum Gasteiger partial charge on any atom is 0.332 e. The molecule has 0 radical (unpaired) electrons. The van der Waals surface area contributed by atoms with Crippen molar-refractivity contribution in [1.82, 2.24) is 18.7 Å². The molecular formula is C18H30N4O3. The second-order valence-electron chi connectivity index (χ2n) is 6.65. The predicted octanol–water partition coefficient (Wildman–Crippen LogP) is 2.49. The van der Waals surface area contributed by atoms with Crippen molar-refractivity contribution in [2.75, 3.05) is 6.61 Å². The summed E-state index contributed by atoms with van der Waals surface area (Å²) < 4.78 is 9.84. The Balaban J connectivity index is 1.91. The highest BCUT2D eigenvalue weighted by Gasteiger charge is 2.17. The summed E-state index contributed by atoms with van der Waals surface area (Å²) in [6.07, 6.45) is 9.87. The van der Waals surface area contributed by atoms with Crippen molar-refractivity contribution < 1.29 is 4.74 Å². The van der Waals surface area contributed by atoms with E-state index in [0.29, 0.717) is 23.8 Å². The Labute approximate surface area is 148 Å². The van der Waals surface area contributed by atoms with Gasteiger partial charge in [0.25, 0.3) is 11.6 Å². The summed E-state index contributed by atoms with van der Waals surface area (Å²) >= 11 is 0. The quantitative estimate of drug-likeness (QED) is 0.617. The molecule has 7 heteroatoms. The van der Waals surface area contributed by atoms with Crippen LogP contribution in [0.4, 0.5) is 0 Å². The highest BCUT2D eigenvalue weighted by Crippen LogP contribution is 2.16. The van der Waals surface area contributed by atoms with Crippen LogP contribution in [-0.2, 0) is 21.1 Å². The minimum atomic E-state index is -0.384. The summed E-state index contributed by atoms with van der Waals surface area (Å²) in [7, 11) is 4.82. The molecule has 25 heavy (non-hydrogen) atoms. The summed E-state index contributed by atoms with van der Waals surface area (Å²) in [4.78, 5) is 28.6. The third-order valence-electron chi connectivity index (χ3n) is 4.66. The second-order valence-corrected chi connectivity index (χ2v) is 6.65. The number of rotatable bonds is 10. The molecule has 0 saturated heterocycles. The molecule has 7 nitrogen and oxygen atoms in total. The standard InChI is InChI=1S/C18H30N4O3/c1-5-6-7-8-9-10-11-12-13-25-17-19-15-14(20(17)2)16(23)22(4)18(24)21(15)3/h5-13H2,1-4H3. The molecule has 0 aliphatic heterocycles. The Morgan fingerprint density at radius 1 is 0.840 bits per heavy atom. The fourth-order valence-electron chi connectivity index (χ4n) is 3.03. The number of imidazole rings is 1. The highest BCUT2D eigenvalue weighted by molar-refractivity contribution is 5.71. The lowest BCUT2D eigenvalue weighted by Gasteiger charge is -2.05. The zero-order valence-corrected chi connectivity index (χ0v) is 15.9. The molecule has 0 aromatic carbocycles. The number of aryl methyl sites for hydroxylation is 2. The predicted molar refractivity (Wildman–Crippen MR) is 99.3 cm³/mol. The van der Waals surface area contributed by atoms with Crippen molar-refractivity contribution in [2.24, 2.45) is 21.1 Å². The Hall–Kier alpha value is -2.05. The Morgan fingerprint density at radius 3 is 2.08 bits per heavy atom. The number of unbranched alkanes of at least 4 members (excludes halogenated alkanes) is 7. The van der Waals surface area contributed by atoms with Crippen LogP contribution in [0.5, 0.6) is 6.01 Å². The number of aromatic nitrogens is 4. The van der Waals surface area contributed by atoms with E-state index in [1.807, 2.05) is 0 Å². The number of nitrogens with zero attached hydrogens (tertiary/aromatic N) is 4. The van der Waals surface area contributed by atoms with E-state index < -0.39 is 0 Å². The molecule has 0 aliphatic carbocycles. The molecule has 0 fully saturated rings. The average Bonchev–Trinajstić information content (AvgIpc) is 2.93. The lowest BCUT2D eigenvalue weighted by atomic mass is 10.1. The van der Waals surface area contributed by atoms with Crippen molar-refractivity contribution in [1.29, 1.82) is 0 Å². The first-order valence-corrected chi connectivity index (χ1v) is 9.24. The van der Waals surface area contributed by atoms with Crippen molar-refractivity contribution in [2.45, 2.75) is 58.3 Å². The van der Waals surface area contributed by atoms with E-state index >= 15 is 0 Å². The van der Waals surface area contributed by atoms with E-state index in [1.54, 1.807) is 18.7 Å². The van der Waals surface area contributed by atoms with Crippen LogP contribution in [-0.4, -0.2) is 25.3 Å². The first kappa shape index (κ1) is 19.3. The molecule has 0 saturated carbocycles. The largest absolute Gasteiger partial charge is 0.465 e. The number of fused-ring (bicyclic) bond motifs is 1. The first-order valence-electron chi connectivity index (χ1n) is 9.24. The highest BCUT2D eigenvalue weighted by atomic mass is 16.5. The van der Waals surface area contributed by atoms with Crippen molar-refractivity contribution >= 4 is 11.2 Å². The topological polar surface area (TPSA) is 71.1 Å². The molecule has 0 spiro atoms. The molecule has 2 aromatic rings. The van der Waals surface area contributed by atoms with Crippen molar-refractivity contribution in [3.8, 4) is 6.01 Å². The molecule has 0 atom stereocenters. The van der Waals surface area contributed by atoms with Crippen LogP contribution < -0.4 is 16.0 Å². The molecule has 2 heterocycles. The number of hydrogen-bond donors (Lipinski definition) is 0. The molecule has 0 bridgehead atoms. The normalized spacial score (nSPS) is 11.4. The van der Waals surface area contributed by atoms with E-state index in [0.717, 1.165) is 17.4 Å². The van der Waals surface area contributed by atoms with E-state index in [2.05, 4.69) is 11.9 Å². The fraction of sp³-hybridized carbons (Fsp3) is 0.722. The lowest BCUT2D eigenvalue weighted by molar-refractivity contribution is 0.274. The Bertz CT molecular complexity index is 816. The average molecular weight is 350 g/mol. The minimum Gasteiger partial charge on any atom is -0.465 e. The van der Waals surface area contributed by atoms with Crippen LogP contribution in [0.1, 0.15) is 58.3 Å². The van der Waals surface area contributed by atoms with Gasteiger partial charge in [0, 0.05) is 21.1 Å². The lowest BCUT2D eigenvalue weighted by Crippen LogP contribution is -2.37. The van der Waals surface area contributed by atoms with E-state index in [4.69, 9.17) is 4.74 Å². The molecule has 140 valence electrons. The van der Waals surface area contributed by atoms with Gasteiger partial charge in [-0.15, -0.1) is 0 Å². The summed E-state index contributed by atoms with van der Waals surface area (Å²) in [6, 6.07) is 0.385. The van der Waals surface area contributed by atoms with Crippen LogP contribution in [0.25, 0.3) is 11.2 Å². The zero-order valence-electron chi connectivity index (χ0n) is 15.9. The summed E-state index contributed by atoms with van der Waals surface area (Å²) in [5.74, 6) is 0. The first-order chi connectivity index (χ1) is 12.0. The van der Waals surface area contributed by atoms with Crippen LogP contribution in [0.2, 0.25) is 0 Å². The Kier molecular flexibility index (Phi) is 6.84. The molecule has 0 aliphatic rings. The van der Waals surface area contributed by atoms with Gasteiger partial charge in [-0.2, -0.15) is 4.98 Å². The van der Waals surface area contributed by atoms with E-state index in [1.165, 1.54) is 50.1 Å². The number of hydrogen-bond acceptors (Lipinski definition) is 4. The second kappa shape index (κ2) is 8.87. The molecule has 0 N–H and O–H groups in total. The van der Waals surface area contributed by atoms with Gasteiger partial charge in [-0.25, -0.2) is 4.79 Å². The van der Waals surface area contributed by atoms with E-state index in [9.17, 15) is 9.59 Å². The van der Waals surface area contributed by atoms with Gasteiger partial charge >= 0.3 is 5.69 Å². The molecule has 0 unspecified atom stereocenters. The smallest absolute Gasteiger partial charge is 0.332 e. The maximum absolute atomic E-state index is 12.3. The zero-order chi connectivity index (χ0) is 18.4. The molecule has 0 amide bonds. The van der Waals surface area contributed by atoms with Gasteiger partial charge < -0.3 is 4.74 Å². The van der Waals surface area contributed by atoms with Crippen LogP contribution >= 0.6 is 0 Å². The van der Waals surface area contributed by atoms with Crippen molar-refractivity contribution in [3.63, 3.8) is 0 Å². The molecular weight excluding hydrogens is 320 g/mol. The minimum absolute atomic E-state index is 0.352. The Morgan fingerprint density at radius 2 is 1.44 bits per heavy atom.